The van der Waals surface area contributed by atoms with Crippen LogP contribution in [0.1, 0.15) is 25.4 Å². The first-order chi connectivity index (χ1) is 15.7. The summed E-state index contributed by atoms with van der Waals surface area (Å²) >= 11 is 0.957. The Morgan fingerprint density at radius 3 is 2.59 bits per heavy atom. The van der Waals surface area contributed by atoms with Gasteiger partial charge in [-0.3, -0.25) is 14.1 Å². The first-order valence-corrected chi connectivity index (χ1v) is 11.5. The second-order valence-corrected chi connectivity index (χ2v) is 9.62. The highest BCUT2D eigenvalue weighted by molar-refractivity contribution is 7.84. The number of thiazole rings is 1. The van der Waals surface area contributed by atoms with E-state index in [9.17, 15) is 32.5 Å². The molecule has 0 saturated carbocycles. The number of carbonyl (C=O) groups excluding carboxylic acids is 2. The zero-order valence-corrected chi connectivity index (χ0v) is 19.4. The van der Waals surface area contributed by atoms with Crippen LogP contribution < -0.4 is 11.1 Å². The first-order valence-electron chi connectivity index (χ1n) is 9.27. The van der Waals surface area contributed by atoms with Crippen LogP contribution in [0, 0.1) is 6.92 Å². The molecule has 1 fully saturated rings. The highest BCUT2D eigenvalue weighted by Gasteiger charge is 2.54. The molecule has 34 heavy (non-hydrogen) atoms. The van der Waals surface area contributed by atoms with Crippen LogP contribution in [0.2, 0.25) is 0 Å². The number of rotatable bonds is 9. The maximum atomic E-state index is 13.0. The number of oxime groups is 1. The number of hydrogen-bond donors (Lipinski definition) is 4. The van der Waals surface area contributed by atoms with Crippen LogP contribution in [0.5, 0.6) is 0 Å². The number of β-lactam (4-membered cyclic amide) rings is 1. The van der Waals surface area contributed by atoms with Gasteiger partial charge in [-0.15, -0.1) is 21.5 Å². The van der Waals surface area contributed by atoms with Gasteiger partial charge in [0.1, 0.15) is 17.8 Å². The number of nitrogens with zero attached hydrogens (tertiary/aromatic N) is 7. The maximum Gasteiger partial charge on any atom is 0.362 e. The van der Waals surface area contributed by atoms with Crippen molar-refractivity contribution in [1.82, 2.24) is 34.8 Å². The SMILES string of the molecule is Cc1nnn(C[C@@H]2[C@H](NC(=O)/C(=N/OC(C)(C)C(=O)O)c3csc(N)n3)C(=O)N2S(=O)(=O)O)n1. The van der Waals surface area contributed by atoms with Crippen molar-refractivity contribution in [2.24, 2.45) is 5.16 Å². The van der Waals surface area contributed by atoms with Crippen molar-refractivity contribution in [2.45, 2.75) is 45.0 Å². The molecule has 1 saturated heterocycles. The van der Waals surface area contributed by atoms with Crippen LogP contribution in [0.4, 0.5) is 5.13 Å². The van der Waals surface area contributed by atoms with Crippen molar-refractivity contribution in [3.63, 3.8) is 0 Å². The van der Waals surface area contributed by atoms with Crippen LogP contribution in [0.25, 0.3) is 0 Å². The minimum atomic E-state index is -4.96. The maximum absolute atomic E-state index is 13.0. The molecule has 17 nitrogen and oxygen atoms in total. The van der Waals surface area contributed by atoms with Gasteiger partial charge in [0.15, 0.2) is 16.7 Å². The summed E-state index contributed by atoms with van der Waals surface area (Å²) in [6.45, 7) is 3.56. The Hall–Kier alpha value is -3.71. The lowest BCUT2D eigenvalue weighted by Gasteiger charge is -2.43. The molecule has 3 rings (SSSR count). The van der Waals surface area contributed by atoms with Gasteiger partial charge >= 0.3 is 16.3 Å². The summed E-state index contributed by atoms with van der Waals surface area (Å²) in [7, 11) is -4.96. The van der Waals surface area contributed by atoms with Crippen molar-refractivity contribution in [2.75, 3.05) is 5.73 Å². The van der Waals surface area contributed by atoms with Crippen LogP contribution in [0.15, 0.2) is 10.5 Å². The molecule has 0 spiro atoms. The molecule has 2 amide bonds. The minimum absolute atomic E-state index is 0.0655. The smallest absolute Gasteiger partial charge is 0.362 e. The second kappa shape index (κ2) is 8.91. The highest BCUT2D eigenvalue weighted by atomic mass is 32.2. The molecule has 0 unspecified atom stereocenters. The number of carboxylic acid groups (broad SMARTS) is 1. The Balaban J connectivity index is 1.89. The molecule has 0 radical (unpaired) electrons. The van der Waals surface area contributed by atoms with Gasteiger partial charge in [0.25, 0.3) is 11.8 Å². The van der Waals surface area contributed by atoms with Gasteiger partial charge in [-0.1, -0.05) is 5.16 Å². The lowest BCUT2D eigenvalue weighted by atomic mass is 9.98. The monoisotopic (exact) mass is 517 g/mol. The van der Waals surface area contributed by atoms with E-state index in [1.165, 1.54) is 26.2 Å². The Bertz CT molecular complexity index is 1270. The fourth-order valence-corrected chi connectivity index (χ4v) is 4.14. The van der Waals surface area contributed by atoms with Gasteiger partial charge < -0.3 is 21.0 Å². The van der Waals surface area contributed by atoms with Crippen molar-refractivity contribution < 1.29 is 37.3 Å². The summed E-state index contributed by atoms with van der Waals surface area (Å²) in [6, 6.07) is -2.76. The zero-order chi connectivity index (χ0) is 25.4. The molecule has 184 valence electrons. The number of nitrogen functional groups attached to an aromatic ring is 1. The number of carbonyl (C=O) groups is 3. The molecule has 19 heteroatoms. The van der Waals surface area contributed by atoms with Crippen LogP contribution in [-0.4, -0.2) is 88.8 Å². The number of tetrazole rings is 1. The Labute approximate surface area is 195 Å². The Morgan fingerprint density at radius 1 is 1.41 bits per heavy atom. The minimum Gasteiger partial charge on any atom is -0.478 e. The lowest BCUT2D eigenvalue weighted by molar-refractivity contribution is -0.161. The first kappa shape index (κ1) is 24.9. The quantitative estimate of drug-likeness (QED) is 0.119. The number of nitrogens with two attached hydrogens (primary N) is 1. The molecule has 1 aliphatic heterocycles. The summed E-state index contributed by atoms with van der Waals surface area (Å²) in [6.07, 6.45) is 0. The van der Waals surface area contributed by atoms with Crippen molar-refractivity contribution in [3.8, 4) is 0 Å². The van der Waals surface area contributed by atoms with Gasteiger partial charge in [-0.05, 0) is 26.0 Å². The molecule has 5 N–H and O–H groups in total. The molecular weight excluding hydrogens is 498 g/mol. The predicted molar refractivity (Wildman–Crippen MR) is 113 cm³/mol. The van der Waals surface area contributed by atoms with E-state index in [2.05, 4.69) is 30.9 Å². The lowest BCUT2D eigenvalue weighted by Crippen LogP contribution is -2.73. The summed E-state index contributed by atoms with van der Waals surface area (Å²) in [5.41, 5.74) is 3.17. The molecule has 2 aromatic heterocycles. The van der Waals surface area contributed by atoms with Crippen molar-refractivity contribution >= 4 is 50.3 Å². The fraction of sp³-hybridized carbons (Fsp3) is 0.467. The van der Waals surface area contributed by atoms with Crippen LogP contribution >= 0.6 is 11.3 Å². The van der Waals surface area contributed by atoms with E-state index in [0.29, 0.717) is 0 Å². The summed E-state index contributed by atoms with van der Waals surface area (Å²) in [5, 5.41) is 27.7. The predicted octanol–water partition coefficient (Wildman–Crippen LogP) is -2.20. The highest BCUT2D eigenvalue weighted by Crippen LogP contribution is 2.25. The fourth-order valence-electron chi connectivity index (χ4n) is 2.72. The average Bonchev–Trinajstić information content (AvgIpc) is 3.32. The molecule has 0 aromatic carbocycles. The normalized spacial score (nSPS) is 19.0. The Kier molecular flexibility index (Phi) is 6.53. The summed E-state index contributed by atoms with van der Waals surface area (Å²) in [5.74, 6) is -3.30. The van der Waals surface area contributed by atoms with E-state index < -0.39 is 51.5 Å². The van der Waals surface area contributed by atoms with Gasteiger partial charge in [-0.25, -0.2) is 14.1 Å². The van der Waals surface area contributed by atoms with Crippen molar-refractivity contribution in [1.29, 1.82) is 0 Å². The second-order valence-electron chi connectivity index (χ2n) is 7.44. The zero-order valence-electron chi connectivity index (χ0n) is 17.8. The number of carboxylic acids is 1. The van der Waals surface area contributed by atoms with Gasteiger partial charge in [-0.2, -0.15) is 13.2 Å². The van der Waals surface area contributed by atoms with E-state index in [1.54, 1.807) is 0 Å². The molecule has 2 atom stereocenters. The average molecular weight is 518 g/mol. The number of nitrogens with one attached hydrogen (secondary N) is 1. The molecule has 0 bridgehead atoms. The molecular formula is C15H19N9O8S2. The Morgan fingerprint density at radius 2 is 2.09 bits per heavy atom. The number of aromatic nitrogens is 5. The number of anilines is 1. The number of amides is 2. The third kappa shape index (κ3) is 5.10. The largest absolute Gasteiger partial charge is 0.478 e. The van der Waals surface area contributed by atoms with Gasteiger partial charge in [0.05, 0.1) is 6.54 Å². The van der Waals surface area contributed by atoms with E-state index in [0.717, 1.165) is 16.1 Å². The summed E-state index contributed by atoms with van der Waals surface area (Å²) < 4.78 is 32.9. The van der Waals surface area contributed by atoms with E-state index in [1.807, 2.05) is 0 Å². The number of hydrogen-bond acceptors (Lipinski definition) is 13. The van der Waals surface area contributed by atoms with E-state index in [-0.39, 0.29) is 27.5 Å². The van der Waals surface area contributed by atoms with Gasteiger partial charge in [0, 0.05) is 5.38 Å². The van der Waals surface area contributed by atoms with Crippen LogP contribution in [-0.2, 0) is 36.1 Å². The van der Waals surface area contributed by atoms with E-state index in [4.69, 9.17) is 10.6 Å². The van der Waals surface area contributed by atoms with E-state index >= 15 is 0 Å². The third-order valence-corrected chi connectivity index (χ3v) is 6.09. The molecule has 0 aliphatic carbocycles. The molecule has 1 aliphatic rings. The molecule has 3 heterocycles. The molecule has 2 aromatic rings. The van der Waals surface area contributed by atoms with Gasteiger partial charge in [0.2, 0.25) is 5.60 Å². The number of aliphatic carboxylic acids is 1. The topological polar surface area (TPSA) is 245 Å². The van der Waals surface area contributed by atoms with Crippen LogP contribution in [0.3, 0.4) is 0 Å². The third-order valence-electron chi connectivity index (χ3n) is 4.47. The van der Waals surface area contributed by atoms with Crippen molar-refractivity contribution in [3.05, 3.63) is 16.9 Å². The standard InChI is InChI=1S/C15H19N9O8S2/c1-6-19-22-23(20-6)4-8-10(12(26)24(8)34(29,30)31)18-11(25)9(7-5-33-14(16)17-7)21-32-15(2,3)13(27)28/h5,8,10H,4H2,1-3H3,(H2,16,17)(H,18,25)(H,27,28)(H,29,30,31)/b21-9+/t8-,10+/m1/s1. The number of aryl methyl sites for hydroxylation is 1. The summed E-state index contributed by atoms with van der Waals surface area (Å²) in [4.78, 5) is 46.6.